The van der Waals surface area contributed by atoms with Crippen molar-refractivity contribution in [2.75, 3.05) is 38.7 Å². The molecule has 0 aromatic heterocycles. The van der Waals surface area contributed by atoms with Crippen LogP contribution in [0.3, 0.4) is 0 Å². The molecule has 25 heavy (non-hydrogen) atoms. The summed E-state index contributed by atoms with van der Waals surface area (Å²) in [5, 5.41) is 9.45. The fourth-order valence-corrected chi connectivity index (χ4v) is 5.80. The van der Waals surface area contributed by atoms with E-state index in [0.717, 1.165) is 6.42 Å². The Kier molecular flexibility index (Phi) is 6.51. The second-order valence-electron chi connectivity index (χ2n) is 7.71. The molecular weight excluding hydrogens is 346 g/mol. The van der Waals surface area contributed by atoms with Crippen LogP contribution in [-0.4, -0.2) is 68.1 Å². The lowest BCUT2D eigenvalue weighted by Crippen LogP contribution is -2.52. The Hall–Kier alpha value is -0.700. The van der Waals surface area contributed by atoms with Crippen LogP contribution in [0.2, 0.25) is 0 Å². The normalized spacial score (nSPS) is 25.6. The summed E-state index contributed by atoms with van der Waals surface area (Å²) in [7, 11) is -3.52. The topological polar surface area (TPSA) is 93.1 Å². The molecule has 2 rings (SSSR count). The van der Waals surface area contributed by atoms with Gasteiger partial charge in [0.1, 0.15) is 0 Å². The van der Waals surface area contributed by atoms with Crippen molar-refractivity contribution >= 4 is 16.0 Å². The molecule has 8 heteroatoms. The molecule has 2 aliphatic heterocycles. The summed E-state index contributed by atoms with van der Waals surface area (Å²) in [6.07, 6.45) is 2.55. The average Bonchev–Trinajstić information content (AvgIpc) is 2.55. The molecule has 7 nitrogen and oxygen atoms in total. The van der Waals surface area contributed by atoms with Gasteiger partial charge >= 0.3 is 5.97 Å². The molecule has 0 bridgehead atoms. The number of ether oxygens (including phenoxy) is 2. The van der Waals surface area contributed by atoms with Crippen LogP contribution in [-0.2, 0) is 24.3 Å². The Labute approximate surface area is 150 Å². The molecular formula is C17H31NO6S. The molecule has 2 fully saturated rings. The quantitative estimate of drug-likeness (QED) is 0.726. The third-order valence-corrected chi connectivity index (χ3v) is 7.66. The summed E-state index contributed by atoms with van der Waals surface area (Å²) < 4.78 is 38.8. The molecule has 2 saturated heterocycles. The van der Waals surface area contributed by atoms with E-state index in [4.69, 9.17) is 9.47 Å². The standard InChI is InChI=1S/C17H31NO6S/c1-4-24-17(7-10-23-11-8-17)13-25(21,22)18-9-5-6-14(12-18)16(2,3)15(19)20/h14H,4-13H2,1-3H3,(H,19,20). The number of piperidine rings is 1. The highest BCUT2D eigenvalue weighted by Gasteiger charge is 2.44. The number of carboxylic acid groups (broad SMARTS) is 1. The van der Waals surface area contributed by atoms with Gasteiger partial charge < -0.3 is 14.6 Å². The van der Waals surface area contributed by atoms with E-state index < -0.39 is 27.0 Å². The minimum Gasteiger partial charge on any atom is -0.481 e. The summed E-state index contributed by atoms with van der Waals surface area (Å²) in [6.45, 7) is 7.41. The van der Waals surface area contributed by atoms with E-state index in [1.165, 1.54) is 4.31 Å². The molecule has 146 valence electrons. The molecule has 0 aromatic rings. The van der Waals surface area contributed by atoms with Gasteiger partial charge in [-0.15, -0.1) is 0 Å². The maximum Gasteiger partial charge on any atom is 0.309 e. The summed E-state index contributed by atoms with van der Waals surface area (Å²) in [4.78, 5) is 11.5. The van der Waals surface area contributed by atoms with E-state index in [1.807, 2.05) is 6.92 Å². The maximum atomic E-state index is 13.0. The highest BCUT2D eigenvalue weighted by molar-refractivity contribution is 7.89. The first-order valence-corrected chi connectivity index (χ1v) is 10.7. The lowest BCUT2D eigenvalue weighted by Gasteiger charge is -2.41. The Balaban J connectivity index is 2.13. The van der Waals surface area contributed by atoms with Crippen LogP contribution >= 0.6 is 0 Å². The first kappa shape index (κ1) is 20.6. The van der Waals surface area contributed by atoms with Gasteiger partial charge in [-0.05, 0) is 39.5 Å². The van der Waals surface area contributed by atoms with Gasteiger partial charge in [-0.3, -0.25) is 4.79 Å². The van der Waals surface area contributed by atoms with E-state index in [9.17, 15) is 18.3 Å². The molecule has 2 heterocycles. The van der Waals surface area contributed by atoms with Crippen molar-refractivity contribution in [3.05, 3.63) is 0 Å². The van der Waals surface area contributed by atoms with Crippen LogP contribution in [0.4, 0.5) is 0 Å². The highest BCUT2D eigenvalue weighted by Crippen LogP contribution is 2.36. The van der Waals surface area contributed by atoms with Crippen LogP contribution in [0.15, 0.2) is 0 Å². The van der Waals surface area contributed by atoms with Crippen LogP contribution < -0.4 is 0 Å². The smallest absolute Gasteiger partial charge is 0.309 e. The second kappa shape index (κ2) is 7.90. The van der Waals surface area contributed by atoms with Crippen LogP contribution in [0.25, 0.3) is 0 Å². The second-order valence-corrected chi connectivity index (χ2v) is 9.68. The van der Waals surface area contributed by atoms with Gasteiger partial charge in [-0.1, -0.05) is 0 Å². The monoisotopic (exact) mass is 377 g/mol. The number of nitrogens with zero attached hydrogens (tertiary/aromatic N) is 1. The fraction of sp³-hybridized carbons (Fsp3) is 0.941. The van der Waals surface area contributed by atoms with Gasteiger partial charge in [0.25, 0.3) is 0 Å². The fourth-order valence-electron chi connectivity index (χ4n) is 3.76. The first-order valence-electron chi connectivity index (χ1n) is 9.06. The zero-order valence-corrected chi connectivity index (χ0v) is 16.3. The van der Waals surface area contributed by atoms with E-state index in [2.05, 4.69) is 0 Å². The third-order valence-electron chi connectivity index (χ3n) is 5.65. The minimum absolute atomic E-state index is 0.0581. The molecule has 2 aliphatic rings. The SMILES string of the molecule is CCOC1(CS(=O)(=O)N2CCCC(C(C)(C)C(=O)O)C2)CCOCC1. The summed E-state index contributed by atoms with van der Waals surface area (Å²) in [5.74, 6) is -1.13. The molecule has 0 aliphatic carbocycles. The van der Waals surface area contributed by atoms with Crippen molar-refractivity contribution < 1.29 is 27.8 Å². The lowest BCUT2D eigenvalue weighted by atomic mass is 9.75. The summed E-state index contributed by atoms with van der Waals surface area (Å²) >= 11 is 0. The summed E-state index contributed by atoms with van der Waals surface area (Å²) in [5.41, 5.74) is -1.63. The largest absolute Gasteiger partial charge is 0.481 e. The number of aliphatic carboxylic acids is 1. The number of carbonyl (C=O) groups is 1. The van der Waals surface area contributed by atoms with Crippen molar-refractivity contribution in [3.8, 4) is 0 Å². The molecule has 0 aromatic carbocycles. The Morgan fingerprint density at radius 3 is 2.56 bits per heavy atom. The zero-order valence-electron chi connectivity index (χ0n) is 15.5. The van der Waals surface area contributed by atoms with E-state index >= 15 is 0 Å². The van der Waals surface area contributed by atoms with Gasteiger partial charge in [0.05, 0.1) is 16.8 Å². The van der Waals surface area contributed by atoms with Gasteiger partial charge in [0, 0.05) is 45.8 Å². The first-order chi connectivity index (χ1) is 11.6. The van der Waals surface area contributed by atoms with Crippen LogP contribution in [0.1, 0.15) is 46.5 Å². The molecule has 1 unspecified atom stereocenters. The molecule has 0 spiro atoms. The van der Waals surface area contributed by atoms with Crippen molar-refractivity contribution in [3.63, 3.8) is 0 Å². The predicted molar refractivity (Wildman–Crippen MR) is 93.9 cm³/mol. The number of carboxylic acids is 1. The van der Waals surface area contributed by atoms with E-state index in [-0.39, 0.29) is 18.2 Å². The molecule has 0 amide bonds. The third kappa shape index (κ3) is 4.72. The number of hydrogen-bond donors (Lipinski definition) is 1. The lowest BCUT2D eigenvalue weighted by molar-refractivity contribution is -0.151. The molecule has 1 atom stereocenters. The van der Waals surface area contributed by atoms with Crippen molar-refractivity contribution in [2.24, 2.45) is 11.3 Å². The highest BCUT2D eigenvalue weighted by atomic mass is 32.2. The number of rotatable bonds is 7. The maximum absolute atomic E-state index is 13.0. The van der Waals surface area contributed by atoms with Crippen LogP contribution in [0, 0.1) is 11.3 Å². The van der Waals surface area contributed by atoms with Crippen molar-refractivity contribution in [2.45, 2.75) is 52.1 Å². The average molecular weight is 378 g/mol. The number of hydrogen-bond acceptors (Lipinski definition) is 5. The van der Waals surface area contributed by atoms with Crippen LogP contribution in [0.5, 0.6) is 0 Å². The zero-order chi connectivity index (χ0) is 18.7. The summed E-state index contributed by atoms with van der Waals surface area (Å²) in [6, 6.07) is 0. The van der Waals surface area contributed by atoms with Gasteiger partial charge in [0.15, 0.2) is 0 Å². The molecule has 1 N–H and O–H groups in total. The van der Waals surface area contributed by atoms with E-state index in [1.54, 1.807) is 13.8 Å². The Morgan fingerprint density at radius 1 is 1.36 bits per heavy atom. The van der Waals surface area contributed by atoms with Gasteiger partial charge in [-0.2, -0.15) is 0 Å². The molecule has 0 saturated carbocycles. The van der Waals surface area contributed by atoms with E-state index in [0.29, 0.717) is 45.6 Å². The van der Waals surface area contributed by atoms with Crippen molar-refractivity contribution in [1.82, 2.24) is 4.31 Å². The Morgan fingerprint density at radius 2 is 2.00 bits per heavy atom. The van der Waals surface area contributed by atoms with Gasteiger partial charge in [0.2, 0.25) is 10.0 Å². The minimum atomic E-state index is -3.52. The molecule has 0 radical (unpaired) electrons. The Bertz CT molecular complexity index is 562. The number of sulfonamides is 1. The van der Waals surface area contributed by atoms with Crippen molar-refractivity contribution in [1.29, 1.82) is 0 Å². The predicted octanol–water partition coefficient (Wildman–Crippen LogP) is 1.72. The van der Waals surface area contributed by atoms with Gasteiger partial charge in [-0.25, -0.2) is 12.7 Å².